The summed E-state index contributed by atoms with van der Waals surface area (Å²) in [6, 6.07) is 1.95. The van der Waals surface area contributed by atoms with E-state index in [1.165, 1.54) is 5.56 Å². The fourth-order valence-electron chi connectivity index (χ4n) is 2.21. The van der Waals surface area contributed by atoms with Crippen molar-refractivity contribution in [2.24, 2.45) is 0 Å². The van der Waals surface area contributed by atoms with Crippen LogP contribution in [0.2, 0.25) is 0 Å². The van der Waals surface area contributed by atoms with Gasteiger partial charge in [-0.1, -0.05) is 6.92 Å². The molecule has 5 nitrogen and oxygen atoms in total. The van der Waals surface area contributed by atoms with Crippen LogP contribution >= 0.6 is 0 Å². The lowest BCUT2D eigenvalue weighted by Gasteiger charge is -2.05. The molecule has 102 valence electrons. The van der Waals surface area contributed by atoms with Crippen LogP contribution in [0.15, 0.2) is 12.4 Å². The summed E-state index contributed by atoms with van der Waals surface area (Å²) in [7, 11) is 0. The molecule has 0 fully saturated rings. The Kier molecular flexibility index (Phi) is 4.27. The van der Waals surface area contributed by atoms with Crippen LogP contribution < -0.4 is 5.32 Å². The number of aryl methyl sites for hydroxylation is 2. The van der Waals surface area contributed by atoms with Gasteiger partial charge in [-0.25, -0.2) is 14.6 Å². The maximum Gasteiger partial charge on any atom is 0.157 e. The number of nitrogens with zero attached hydrogens (tertiary/aromatic N) is 4. The Morgan fingerprint density at radius 3 is 2.68 bits per heavy atom. The van der Waals surface area contributed by atoms with Crippen molar-refractivity contribution in [3.05, 3.63) is 35.0 Å². The number of hydrogen-bond donors (Lipinski definition) is 1. The van der Waals surface area contributed by atoms with Gasteiger partial charge >= 0.3 is 0 Å². The highest BCUT2D eigenvalue weighted by molar-refractivity contribution is 5.32. The van der Waals surface area contributed by atoms with Crippen LogP contribution in [0, 0.1) is 20.8 Å². The second-order valence-corrected chi connectivity index (χ2v) is 4.68. The van der Waals surface area contributed by atoms with E-state index in [-0.39, 0.29) is 0 Å². The molecule has 0 unspecified atom stereocenters. The van der Waals surface area contributed by atoms with E-state index in [0.717, 1.165) is 42.4 Å². The van der Waals surface area contributed by atoms with Gasteiger partial charge in [0.15, 0.2) is 5.82 Å². The first kappa shape index (κ1) is 13.7. The summed E-state index contributed by atoms with van der Waals surface area (Å²) in [5.74, 6) is 0.836. The molecule has 19 heavy (non-hydrogen) atoms. The van der Waals surface area contributed by atoms with Gasteiger partial charge in [0.1, 0.15) is 6.33 Å². The summed E-state index contributed by atoms with van der Waals surface area (Å²) < 4.78 is 1.91. The molecule has 0 spiro atoms. The van der Waals surface area contributed by atoms with E-state index in [1.807, 2.05) is 17.7 Å². The van der Waals surface area contributed by atoms with Crippen LogP contribution in [0.25, 0.3) is 5.82 Å². The molecule has 0 amide bonds. The van der Waals surface area contributed by atoms with Crippen molar-refractivity contribution in [3.8, 4) is 5.82 Å². The van der Waals surface area contributed by atoms with Crippen molar-refractivity contribution in [2.45, 2.75) is 34.1 Å². The van der Waals surface area contributed by atoms with E-state index in [2.05, 4.69) is 41.2 Å². The van der Waals surface area contributed by atoms with Gasteiger partial charge in [0.2, 0.25) is 0 Å². The molecule has 0 aromatic carbocycles. The molecule has 0 aliphatic heterocycles. The van der Waals surface area contributed by atoms with Crippen LogP contribution in [0.4, 0.5) is 0 Å². The molecule has 2 heterocycles. The van der Waals surface area contributed by atoms with E-state index >= 15 is 0 Å². The second-order valence-electron chi connectivity index (χ2n) is 4.68. The minimum Gasteiger partial charge on any atom is -0.317 e. The van der Waals surface area contributed by atoms with Crippen molar-refractivity contribution < 1.29 is 0 Å². The van der Waals surface area contributed by atoms with Crippen molar-refractivity contribution in [1.29, 1.82) is 0 Å². The summed E-state index contributed by atoms with van der Waals surface area (Å²) in [5.41, 5.74) is 4.49. The van der Waals surface area contributed by atoms with Gasteiger partial charge in [-0.15, -0.1) is 0 Å². The normalized spacial score (nSPS) is 10.9. The van der Waals surface area contributed by atoms with Crippen molar-refractivity contribution in [3.63, 3.8) is 0 Å². The first-order valence-electron chi connectivity index (χ1n) is 6.68. The van der Waals surface area contributed by atoms with Gasteiger partial charge in [-0.3, -0.25) is 0 Å². The molecule has 5 heteroatoms. The minimum absolute atomic E-state index is 0.836. The van der Waals surface area contributed by atoms with Crippen LogP contribution in [0.3, 0.4) is 0 Å². The molecule has 0 saturated carbocycles. The van der Waals surface area contributed by atoms with Gasteiger partial charge in [0.25, 0.3) is 0 Å². The zero-order valence-corrected chi connectivity index (χ0v) is 12.1. The zero-order valence-electron chi connectivity index (χ0n) is 12.1. The highest BCUT2D eigenvalue weighted by Gasteiger charge is 2.13. The quantitative estimate of drug-likeness (QED) is 0.831. The lowest BCUT2D eigenvalue weighted by Crippen LogP contribution is -2.16. The van der Waals surface area contributed by atoms with E-state index in [1.54, 1.807) is 6.33 Å². The number of rotatable bonds is 5. The van der Waals surface area contributed by atoms with Crippen molar-refractivity contribution in [1.82, 2.24) is 25.1 Å². The van der Waals surface area contributed by atoms with Crippen LogP contribution in [0.5, 0.6) is 0 Å². The third kappa shape index (κ3) is 2.98. The summed E-state index contributed by atoms with van der Waals surface area (Å²) in [6.45, 7) is 10.2. The molecule has 0 saturated heterocycles. The summed E-state index contributed by atoms with van der Waals surface area (Å²) in [6.07, 6.45) is 2.58. The van der Waals surface area contributed by atoms with Gasteiger partial charge in [-0.2, -0.15) is 5.10 Å². The monoisotopic (exact) mass is 259 g/mol. The Morgan fingerprint density at radius 2 is 2.00 bits per heavy atom. The maximum atomic E-state index is 4.60. The molecule has 1 N–H and O–H groups in total. The SMILES string of the molecule is CCNCCc1c(C)nn(-c2cc(C)ncn2)c1C. The Morgan fingerprint density at radius 1 is 1.21 bits per heavy atom. The molecule has 2 aromatic rings. The van der Waals surface area contributed by atoms with Crippen LogP contribution in [-0.4, -0.2) is 32.8 Å². The standard InChI is InChI=1S/C14H21N5/c1-5-15-7-6-13-11(3)18-19(12(13)4)14-8-10(2)16-9-17-14/h8-9,15H,5-7H2,1-4H3. The number of nitrogens with one attached hydrogen (secondary N) is 1. The van der Waals surface area contributed by atoms with Gasteiger partial charge < -0.3 is 5.32 Å². The van der Waals surface area contributed by atoms with Gasteiger partial charge in [-0.05, 0) is 45.8 Å². The van der Waals surface area contributed by atoms with E-state index < -0.39 is 0 Å². The lowest BCUT2D eigenvalue weighted by atomic mass is 10.1. The van der Waals surface area contributed by atoms with E-state index in [0.29, 0.717) is 0 Å². The van der Waals surface area contributed by atoms with Crippen LogP contribution in [-0.2, 0) is 6.42 Å². The highest BCUT2D eigenvalue weighted by atomic mass is 15.3. The van der Waals surface area contributed by atoms with Crippen molar-refractivity contribution in [2.75, 3.05) is 13.1 Å². The third-order valence-corrected chi connectivity index (χ3v) is 3.25. The molecular formula is C14H21N5. The summed E-state index contributed by atoms with van der Waals surface area (Å²) in [5, 5.41) is 7.95. The van der Waals surface area contributed by atoms with Gasteiger partial charge in [0.05, 0.1) is 5.69 Å². The molecule has 0 atom stereocenters. The highest BCUT2D eigenvalue weighted by Crippen LogP contribution is 2.17. The Balaban J connectivity index is 2.30. The molecule has 0 aliphatic rings. The minimum atomic E-state index is 0.836. The average molecular weight is 259 g/mol. The topological polar surface area (TPSA) is 55.6 Å². The Labute approximate surface area is 114 Å². The fraction of sp³-hybridized carbons (Fsp3) is 0.500. The number of likely N-dealkylation sites (N-methyl/N-ethyl adjacent to an activating group) is 1. The van der Waals surface area contributed by atoms with E-state index in [9.17, 15) is 0 Å². The first-order chi connectivity index (χ1) is 9.13. The molecular weight excluding hydrogens is 238 g/mol. The smallest absolute Gasteiger partial charge is 0.157 e. The lowest BCUT2D eigenvalue weighted by molar-refractivity contribution is 0.712. The first-order valence-corrected chi connectivity index (χ1v) is 6.68. The van der Waals surface area contributed by atoms with Crippen molar-refractivity contribution >= 4 is 0 Å². The zero-order chi connectivity index (χ0) is 13.8. The number of aromatic nitrogens is 4. The van der Waals surface area contributed by atoms with E-state index in [4.69, 9.17) is 0 Å². The molecule has 0 aliphatic carbocycles. The molecule has 2 rings (SSSR count). The Bertz CT molecular complexity index is 559. The van der Waals surface area contributed by atoms with Crippen LogP contribution in [0.1, 0.15) is 29.6 Å². The second kappa shape index (κ2) is 5.93. The fourth-order valence-corrected chi connectivity index (χ4v) is 2.21. The number of hydrogen-bond acceptors (Lipinski definition) is 4. The molecule has 0 radical (unpaired) electrons. The molecule has 2 aromatic heterocycles. The summed E-state index contributed by atoms with van der Waals surface area (Å²) >= 11 is 0. The molecule has 0 bridgehead atoms. The maximum absolute atomic E-state index is 4.60. The predicted molar refractivity (Wildman–Crippen MR) is 75.6 cm³/mol. The van der Waals surface area contributed by atoms with Gasteiger partial charge in [0, 0.05) is 17.5 Å². The summed E-state index contributed by atoms with van der Waals surface area (Å²) in [4.78, 5) is 8.42. The third-order valence-electron chi connectivity index (χ3n) is 3.25. The predicted octanol–water partition coefficient (Wildman–Crippen LogP) is 1.74. The largest absolute Gasteiger partial charge is 0.317 e. The Hall–Kier alpha value is -1.75. The average Bonchev–Trinajstić information content (AvgIpc) is 2.67.